The second kappa shape index (κ2) is 9.90. The first-order valence-corrected chi connectivity index (χ1v) is 10.9. The van der Waals surface area contributed by atoms with Gasteiger partial charge in [-0.2, -0.15) is 23.3 Å². The van der Waals surface area contributed by atoms with Crippen LogP contribution in [0.15, 0.2) is 59.6 Å². The molecule has 2 aliphatic rings. The number of rotatable bonds is 6. The van der Waals surface area contributed by atoms with Gasteiger partial charge in [-0.25, -0.2) is 14.8 Å². The van der Waals surface area contributed by atoms with E-state index in [9.17, 15) is 17.6 Å². The number of alkyl halides is 3. The number of anilines is 3. The summed E-state index contributed by atoms with van der Waals surface area (Å²) in [5.41, 5.74) is 2.19. The minimum absolute atomic E-state index is 0.0299. The Morgan fingerprint density at radius 3 is 2.89 bits per heavy atom. The number of benzene rings is 1. The molecule has 0 bridgehead atoms. The van der Waals surface area contributed by atoms with E-state index in [-0.39, 0.29) is 17.9 Å². The maximum Gasteiger partial charge on any atom is 0.416 e. The minimum atomic E-state index is -4.41. The molecule has 2 aromatic rings. The van der Waals surface area contributed by atoms with Crippen LogP contribution in [-0.2, 0) is 10.9 Å². The van der Waals surface area contributed by atoms with Crippen LogP contribution in [0.25, 0.3) is 0 Å². The fourth-order valence-corrected chi connectivity index (χ4v) is 3.56. The van der Waals surface area contributed by atoms with E-state index in [4.69, 9.17) is 4.74 Å². The van der Waals surface area contributed by atoms with Gasteiger partial charge in [-0.15, -0.1) is 0 Å². The van der Waals surface area contributed by atoms with Crippen LogP contribution in [0.4, 0.5) is 35.0 Å². The summed E-state index contributed by atoms with van der Waals surface area (Å²) in [6.07, 6.45) is 3.38. The molecule has 0 radical (unpaired) electrons. The van der Waals surface area contributed by atoms with Crippen LogP contribution in [0.5, 0.6) is 0 Å². The van der Waals surface area contributed by atoms with Crippen LogP contribution in [0.1, 0.15) is 19.4 Å². The van der Waals surface area contributed by atoms with Crippen LogP contribution < -0.4 is 21.0 Å². The van der Waals surface area contributed by atoms with Crippen molar-refractivity contribution in [1.82, 2.24) is 15.3 Å². The highest BCUT2D eigenvalue weighted by Gasteiger charge is 2.30. The SMILES string of the molecule is CC1CN(c2nc(N/N=C\C3(C)C=CC(Nc4cccc(C(F)(F)F)c4)=CN3)ncc2F)CCO1. The molecule has 0 amide bonds. The zero-order chi connectivity index (χ0) is 25.1. The second-order valence-corrected chi connectivity index (χ2v) is 8.43. The van der Waals surface area contributed by atoms with Gasteiger partial charge in [0.25, 0.3) is 0 Å². The van der Waals surface area contributed by atoms with E-state index in [1.165, 1.54) is 6.07 Å². The van der Waals surface area contributed by atoms with Crippen molar-refractivity contribution in [2.45, 2.75) is 31.7 Å². The first kappa shape index (κ1) is 24.5. The molecular weight excluding hydrogens is 466 g/mol. The molecule has 2 atom stereocenters. The van der Waals surface area contributed by atoms with Crippen molar-refractivity contribution in [2.24, 2.45) is 5.10 Å². The lowest BCUT2D eigenvalue weighted by Crippen LogP contribution is -2.42. The Morgan fingerprint density at radius 2 is 2.17 bits per heavy atom. The van der Waals surface area contributed by atoms with E-state index in [0.29, 0.717) is 31.1 Å². The first-order chi connectivity index (χ1) is 16.6. The van der Waals surface area contributed by atoms with E-state index >= 15 is 0 Å². The Morgan fingerprint density at radius 1 is 1.34 bits per heavy atom. The average molecular weight is 491 g/mol. The molecule has 8 nitrogen and oxygen atoms in total. The first-order valence-electron chi connectivity index (χ1n) is 10.9. The normalized spacial score (nSPS) is 22.6. The maximum absolute atomic E-state index is 14.3. The van der Waals surface area contributed by atoms with Crippen molar-refractivity contribution in [2.75, 3.05) is 35.3 Å². The van der Waals surface area contributed by atoms with Crippen molar-refractivity contribution in [3.63, 3.8) is 0 Å². The van der Waals surface area contributed by atoms with Gasteiger partial charge in [0.2, 0.25) is 5.95 Å². The van der Waals surface area contributed by atoms with Gasteiger partial charge in [-0.1, -0.05) is 12.1 Å². The Labute approximate surface area is 199 Å². The Kier molecular flexibility index (Phi) is 6.92. The van der Waals surface area contributed by atoms with Gasteiger partial charge in [0.15, 0.2) is 11.6 Å². The number of nitrogens with one attached hydrogen (secondary N) is 3. The van der Waals surface area contributed by atoms with Gasteiger partial charge in [0, 0.05) is 25.0 Å². The molecule has 0 saturated carbocycles. The lowest BCUT2D eigenvalue weighted by Gasteiger charge is -2.32. The summed E-state index contributed by atoms with van der Waals surface area (Å²) in [4.78, 5) is 9.97. The molecular formula is C23H25F4N7O. The predicted molar refractivity (Wildman–Crippen MR) is 126 cm³/mol. The number of nitrogens with zero attached hydrogens (tertiary/aromatic N) is 4. The molecule has 2 aliphatic heterocycles. The highest BCUT2D eigenvalue weighted by molar-refractivity contribution is 5.75. The molecule has 3 N–H and O–H groups in total. The quantitative estimate of drug-likeness (QED) is 0.318. The molecule has 4 rings (SSSR count). The fraction of sp³-hybridized carbons (Fsp3) is 0.348. The second-order valence-electron chi connectivity index (χ2n) is 8.43. The summed E-state index contributed by atoms with van der Waals surface area (Å²) in [6, 6.07) is 4.96. The van der Waals surface area contributed by atoms with Crippen LogP contribution >= 0.6 is 0 Å². The van der Waals surface area contributed by atoms with Crippen LogP contribution in [-0.4, -0.2) is 47.5 Å². The van der Waals surface area contributed by atoms with Crippen LogP contribution in [0, 0.1) is 5.82 Å². The summed E-state index contributed by atoms with van der Waals surface area (Å²) in [5, 5.41) is 10.2. The smallest absolute Gasteiger partial charge is 0.376 e. The number of allylic oxidation sites excluding steroid dienone is 1. The highest BCUT2D eigenvalue weighted by atomic mass is 19.4. The number of hydrogen-bond donors (Lipinski definition) is 3. The average Bonchev–Trinajstić information content (AvgIpc) is 2.81. The van der Waals surface area contributed by atoms with Gasteiger partial charge in [-0.3, -0.25) is 0 Å². The van der Waals surface area contributed by atoms with E-state index in [1.54, 1.807) is 35.5 Å². The molecule has 186 valence electrons. The molecule has 1 aromatic carbocycles. The molecule has 2 unspecified atom stereocenters. The molecule has 35 heavy (non-hydrogen) atoms. The van der Waals surface area contributed by atoms with Crippen LogP contribution in [0.2, 0.25) is 0 Å². The Bertz CT molecular complexity index is 1150. The number of aromatic nitrogens is 2. The van der Waals surface area contributed by atoms with E-state index < -0.39 is 23.1 Å². The van der Waals surface area contributed by atoms with Crippen molar-refractivity contribution < 1.29 is 22.3 Å². The molecule has 1 saturated heterocycles. The van der Waals surface area contributed by atoms with Crippen molar-refractivity contribution >= 4 is 23.7 Å². The van der Waals surface area contributed by atoms with E-state index in [0.717, 1.165) is 18.3 Å². The van der Waals surface area contributed by atoms with E-state index in [2.05, 4.69) is 31.1 Å². The predicted octanol–water partition coefficient (Wildman–Crippen LogP) is 4.13. The van der Waals surface area contributed by atoms with Crippen molar-refractivity contribution in [3.8, 4) is 0 Å². The Hall–Kier alpha value is -3.67. The summed E-state index contributed by atoms with van der Waals surface area (Å²) >= 11 is 0. The number of hydrogen-bond acceptors (Lipinski definition) is 8. The van der Waals surface area contributed by atoms with Crippen molar-refractivity contribution in [1.29, 1.82) is 0 Å². The molecule has 12 heteroatoms. The third-order valence-corrected chi connectivity index (χ3v) is 5.39. The lowest BCUT2D eigenvalue weighted by atomic mass is 10.0. The molecule has 1 fully saturated rings. The molecule has 0 aliphatic carbocycles. The van der Waals surface area contributed by atoms with Gasteiger partial charge in [-0.05, 0) is 38.1 Å². The van der Waals surface area contributed by atoms with E-state index in [1.807, 2.05) is 13.8 Å². The molecule has 3 heterocycles. The summed E-state index contributed by atoms with van der Waals surface area (Å²) in [7, 11) is 0. The zero-order valence-electron chi connectivity index (χ0n) is 19.1. The summed E-state index contributed by atoms with van der Waals surface area (Å²) in [5.74, 6) is -0.200. The van der Waals surface area contributed by atoms with Gasteiger partial charge in [0.05, 0.1) is 41.9 Å². The largest absolute Gasteiger partial charge is 0.416 e. The third kappa shape index (κ3) is 6.27. The highest BCUT2D eigenvalue weighted by Crippen LogP contribution is 2.31. The molecule has 0 spiro atoms. The van der Waals surface area contributed by atoms with Gasteiger partial charge in [0.1, 0.15) is 0 Å². The van der Waals surface area contributed by atoms with Gasteiger partial charge < -0.3 is 20.3 Å². The lowest BCUT2D eigenvalue weighted by molar-refractivity contribution is -0.137. The number of dihydropyridines is 1. The van der Waals surface area contributed by atoms with Crippen molar-refractivity contribution in [3.05, 3.63) is 65.9 Å². The topological polar surface area (TPSA) is 86.7 Å². The number of ether oxygens (including phenoxy) is 1. The third-order valence-electron chi connectivity index (χ3n) is 5.39. The fourth-order valence-electron chi connectivity index (χ4n) is 3.56. The number of morpholine rings is 1. The van der Waals surface area contributed by atoms with Crippen LogP contribution in [0.3, 0.4) is 0 Å². The monoisotopic (exact) mass is 491 g/mol. The summed E-state index contributed by atoms with van der Waals surface area (Å²) < 4.78 is 58.5. The summed E-state index contributed by atoms with van der Waals surface area (Å²) in [6.45, 7) is 5.29. The number of halogens is 4. The maximum atomic E-state index is 14.3. The van der Waals surface area contributed by atoms with Gasteiger partial charge >= 0.3 is 6.18 Å². The molecule has 1 aromatic heterocycles. The zero-order valence-corrected chi connectivity index (χ0v) is 19.1. The standard InChI is InChI=1S/C23H25F4N7O/c1-15-13-34(8-9-35-15)20-19(24)12-28-21(32-20)33-30-14-22(2)7-6-18(11-29-22)31-17-5-3-4-16(10-17)23(25,26)27/h3-7,10-12,14-15,29,31H,8-9,13H2,1-2H3,(H,28,32,33)/b30-14-. The number of hydrazone groups is 1. The Balaban J connectivity index is 1.36. The minimum Gasteiger partial charge on any atom is -0.376 e.